The fourth-order valence-electron chi connectivity index (χ4n) is 3.04. The third-order valence-corrected chi connectivity index (χ3v) is 9.31. The van der Waals surface area contributed by atoms with Gasteiger partial charge in [0, 0.05) is 0 Å². The molecule has 0 saturated heterocycles. The van der Waals surface area contributed by atoms with Crippen molar-refractivity contribution >= 4 is 19.1 Å². The Morgan fingerprint density at radius 3 is 2.04 bits per heavy atom. The maximum atomic E-state index is 13.8. The zero-order valence-electron chi connectivity index (χ0n) is 13.8. The Labute approximate surface area is 136 Å². The first kappa shape index (κ1) is 18.0. The van der Waals surface area contributed by atoms with Crippen molar-refractivity contribution in [1.82, 2.24) is 0 Å². The molecule has 0 N–H and O–H groups in total. The summed E-state index contributed by atoms with van der Waals surface area (Å²) in [6.07, 6.45) is -6.26. The van der Waals surface area contributed by atoms with Crippen LogP contribution < -0.4 is 0 Å². The Hall–Kier alpha value is -1.33. The van der Waals surface area contributed by atoms with Crippen molar-refractivity contribution < 1.29 is 17.6 Å². The van der Waals surface area contributed by atoms with E-state index in [1.807, 2.05) is 39.0 Å². The van der Waals surface area contributed by atoms with Crippen LogP contribution in [0.3, 0.4) is 0 Å². The van der Waals surface area contributed by atoms with Crippen LogP contribution in [0.2, 0.25) is 18.1 Å². The summed E-state index contributed by atoms with van der Waals surface area (Å²) in [5.74, 6) is 0. The van der Waals surface area contributed by atoms with E-state index in [2.05, 4.69) is 0 Å². The monoisotopic (exact) mass is 340 g/mol. The second-order valence-electron chi connectivity index (χ2n) is 5.85. The van der Waals surface area contributed by atoms with E-state index in [1.54, 1.807) is 24.3 Å². The number of benzene rings is 2. The second-order valence-corrected chi connectivity index (χ2v) is 10.6. The van der Waals surface area contributed by atoms with E-state index < -0.39 is 20.6 Å². The summed E-state index contributed by atoms with van der Waals surface area (Å²) in [5.41, 5.74) is 0.225. The molecule has 0 amide bonds. The van der Waals surface area contributed by atoms with Gasteiger partial charge >= 0.3 is 6.18 Å². The molecule has 2 rings (SSSR count). The summed E-state index contributed by atoms with van der Waals surface area (Å²) >= 11 is 0. The third kappa shape index (κ3) is 3.78. The second kappa shape index (κ2) is 7.05. The van der Waals surface area contributed by atoms with Gasteiger partial charge in [0.15, 0.2) is 14.4 Å². The molecule has 0 aromatic heterocycles. The Kier molecular flexibility index (Phi) is 5.52. The molecule has 126 valence electrons. The standard InChI is InChI=1S/C18H23F3OSi/c1-4-23(5-2,6-3)22-17(18(19,20)21)16-13-9-11-14-10-7-8-12-15(14)16/h7-13,17H,4-6H2,1-3H3. The van der Waals surface area contributed by atoms with Crippen LogP contribution >= 0.6 is 0 Å². The molecule has 1 unspecified atom stereocenters. The van der Waals surface area contributed by atoms with Crippen LogP contribution in [-0.2, 0) is 4.43 Å². The third-order valence-electron chi connectivity index (χ3n) is 4.70. The molecule has 0 radical (unpaired) electrons. The molecule has 0 aliphatic heterocycles. The number of hydrogen-bond acceptors (Lipinski definition) is 1. The molecule has 1 nitrogen and oxygen atoms in total. The summed E-state index contributed by atoms with van der Waals surface area (Å²) in [6.45, 7) is 5.82. The fraction of sp³-hybridized carbons (Fsp3) is 0.444. The minimum absolute atomic E-state index is 0.225. The van der Waals surface area contributed by atoms with Crippen LogP contribution in [0.1, 0.15) is 32.4 Å². The van der Waals surface area contributed by atoms with Gasteiger partial charge in [0.1, 0.15) is 0 Å². The van der Waals surface area contributed by atoms with Gasteiger partial charge in [-0.25, -0.2) is 0 Å². The number of halogens is 3. The van der Waals surface area contributed by atoms with Crippen LogP contribution in [0.25, 0.3) is 10.8 Å². The molecule has 2 aromatic rings. The van der Waals surface area contributed by atoms with E-state index in [-0.39, 0.29) is 5.56 Å². The highest BCUT2D eigenvalue weighted by Gasteiger charge is 2.47. The molecule has 0 fully saturated rings. The smallest absolute Gasteiger partial charge is 0.402 e. The van der Waals surface area contributed by atoms with Crippen molar-refractivity contribution in [3.63, 3.8) is 0 Å². The van der Waals surface area contributed by atoms with E-state index in [0.717, 1.165) is 5.39 Å². The van der Waals surface area contributed by atoms with Gasteiger partial charge in [-0.2, -0.15) is 13.2 Å². The van der Waals surface area contributed by atoms with Gasteiger partial charge in [-0.1, -0.05) is 63.2 Å². The van der Waals surface area contributed by atoms with Crippen LogP contribution in [0.4, 0.5) is 13.2 Å². The molecule has 0 saturated carbocycles. The molecular formula is C18H23F3OSi. The van der Waals surface area contributed by atoms with E-state index in [4.69, 9.17) is 4.43 Å². The average molecular weight is 340 g/mol. The first-order valence-electron chi connectivity index (χ1n) is 8.09. The zero-order chi connectivity index (χ0) is 17.1. The number of hydrogen-bond donors (Lipinski definition) is 0. The van der Waals surface area contributed by atoms with Gasteiger partial charge < -0.3 is 4.43 Å². The van der Waals surface area contributed by atoms with E-state index >= 15 is 0 Å². The largest absolute Gasteiger partial charge is 0.417 e. The zero-order valence-corrected chi connectivity index (χ0v) is 14.8. The molecule has 0 heterocycles. The predicted molar refractivity (Wildman–Crippen MR) is 91.0 cm³/mol. The maximum absolute atomic E-state index is 13.8. The highest BCUT2D eigenvalue weighted by Crippen LogP contribution is 2.42. The van der Waals surface area contributed by atoms with Gasteiger partial charge in [0.05, 0.1) is 0 Å². The van der Waals surface area contributed by atoms with Gasteiger partial charge in [0.25, 0.3) is 0 Å². The topological polar surface area (TPSA) is 9.23 Å². The molecule has 23 heavy (non-hydrogen) atoms. The lowest BCUT2D eigenvalue weighted by atomic mass is 10.0. The molecule has 5 heteroatoms. The minimum Gasteiger partial charge on any atom is -0.402 e. The predicted octanol–water partition coefficient (Wildman–Crippen LogP) is 6.47. The van der Waals surface area contributed by atoms with Crippen LogP contribution in [0.5, 0.6) is 0 Å². The van der Waals surface area contributed by atoms with Crippen molar-refractivity contribution in [3.8, 4) is 0 Å². The van der Waals surface area contributed by atoms with E-state index in [0.29, 0.717) is 23.5 Å². The highest BCUT2D eigenvalue weighted by molar-refractivity contribution is 6.73. The lowest BCUT2D eigenvalue weighted by Gasteiger charge is -2.34. The quantitative estimate of drug-likeness (QED) is 0.548. The van der Waals surface area contributed by atoms with Crippen LogP contribution in [0, 0.1) is 0 Å². The normalized spacial score (nSPS) is 14.2. The van der Waals surface area contributed by atoms with Crippen molar-refractivity contribution in [1.29, 1.82) is 0 Å². The molecule has 2 aromatic carbocycles. The molecule has 0 bridgehead atoms. The van der Waals surface area contributed by atoms with Crippen LogP contribution in [-0.4, -0.2) is 14.5 Å². The first-order valence-corrected chi connectivity index (χ1v) is 10.6. The van der Waals surface area contributed by atoms with Crippen LogP contribution in [0.15, 0.2) is 42.5 Å². The number of fused-ring (bicyclic) bond motifs is 1. The maximum Gasteiger partial charge on any atom is 0.417 e. The van der Waals surface area contributed by atoms with E-state index in [1.165, 1.54) is 0 Å². The molecule has 0 aliphatic carbocycles. The number of alkyl halides is 3. The lowest BCUT2D eigenvalue weighted by molar-refractivity contribution is -0.200. The summed E-state index contributed by atoms with van der Waals surface area (Å²) in [5, 5.41) is 1.42. The van der Waals surface area contributed by atoms with Gasteiger partial charge in [-0.15, -0.1) is 0 Å². The highest BCUT2D eigenvalue weighted by atomic mass is 28.4. The molecular weight excluding hydrogens is 317 g/mol. The summed E-state index contributed by atoms with van der Waals surface area (Å²) in [6, 6.07) is 14.3. The lowest BCUT2D eigenvalue weighted by Crippen LogP contribution is -2.41. The van der Waals surface area contributed by atoms with Gasteiger partial charge in [-0.3, -0.25) is 0 Å². The summed E-state index contributed by atoms with van der Waals surface area (Å²) in [7, 11) is -2.38. The molecule has 0 spiro atoms. The van der Waals surface area contributed by atoms with Gasteiger partial charge in [0.2, 0.25) is 0 Å². The summed E-state index contributed by atoms with van der Waals surface area (Å²) < 4.78 is 47.2. The average Bonchev–Trinajstić information content (AvgIpc) is 2.55. The molecule has 1 atom stereocenters. The Morgan fingerprint density at radius 2 is 1.48 bits per heavy atom. The number of rotatable bonds is 6. The van der Waals surface area contributed by atoms with Crippen molar-refractivity contribution in [3.05, 3.63) is 48.0 Å². The summed E-state index contributed by atoms with van der Waals surface area (Å²) in [4.78, 5) is 0. The SMILES string of the molecule is CC[Si](CC)(CC)OC(c1cccc2ccccc12)C(F)(F)F. The van der Waals surface area contributed by atoms with Crippen molar-refractivity contribution in [2.75, 3.05) is 0 Å². The molecule has 0 aliphatic rings. The van der Waals surface area contributed by atoms with Crippen molar-refractivity contribution in [2.45, 2.75) is 51.2 Å². The van der Waals surface area contributed by atoms with Crippen molar-refractivity contribution in [2.24, 2.45) is 0 Å². The fourth-order valence-corrected chi connectivity index (χ4v) is 5.80. The Morgan fingerprint density at radius 1 is 0.913 bits per heavy atom. The Bertz CT molecular complexity index is 636. The van der Waals surface area contributed by atoms with E-state index in [9.17, 15) is 13.2 Å². The first-order chi connectivity index (χ1) is 10.9. The Balaban J connectivity index is 2.55. The van der Waals surface area contributed by atoms with Gasteiger partial charge in [-0.05, 0) is 34.5 Å². The minimum atomic E-state index is -4.41.